The fourth-order valence-corrected chi connectivity index (χ4v) is 2.64. The van der Waals surface area contributed by atoms with Crippen molar-refractivity contribution in [2.45, 2.75) is 25.9 Å². The third kappa shape index (κ3) is 4.41. The van der Waals surface area contributed by atoms with E-state index in [1.165, 1.54) is 11.3 Å². The molecule has 2 N–H and O–H groups in total. The summed E-state index contributed by atoms with van der Waals surface area (Å²) >= 11 is 1.33. The van der Waals surface area contributed by atoms with Gasteiger partial charge in [0.1, 0.15) is 6.04 Å². The number of benzene rings is 1. The lowest BCUT2D eigenvalue weighted by Crippen LogP contribution is -2.45. The van der Waals surface area contributed by atoms with Gasteiger partial charge in [0.25, 0.3) is 5.91 Å². The van der Waals surface area contributed by atoms with Crippen LogP contribution >= 0.6 is 11.3 Å². The zero-order valence-corrected chi connectivity index (χ0v) is 13.7. The van der Waals surface area contributed by atoms with Gasteiger partial charge in [-0.3, -0.25) is 9.59 Å². The van der Waals surface area contributed by atoms with Gasteiger partial charge in [0.15, 0.2) is 0 Å². The van der Waals surface area contributed by atoms with Crippen LogP contribution < -0.4 is 10.6 Å². The lowest BCUT2D eigenvalue weighted by atomic mass is 10.1. The Morgan fingerprint density at radius 1 is 1.13 bits per heavy atom. The minimum atomic E-state index is -0.634. The SMILES string of the molecule is CC(NC(=O)c1cccs1)C(=O)NC(C)c1ccc(C#N)cc1. The number of rotatable bonds is 5. The predicted octanol–water partition coefficient (Wildman–Crippen LogP) is 2.62. The van der Waals surface area contributed by atoms with E-state index in [0.29, 0.717) is 10.4 Å². The quantitative estimate of drug-likeness (QED) is 0.885. The molecule has 0 bridgehead atoms. The monoisotopic (exact) mass is 327 g/mol. The van der Waals surface area contributed by atoms with Gasteiger partial charge in [-0.05, 0) is 43.0 Å². The molecular formula is C17H17N3O2S. The third-order valence-corrected chi connectivity index (χ3v) is 4.25. The van der Waals surface area contributed by atoms with E-state index >= 15 is 0 Å². The van der Waals surface area contributed by atoms with E-state index in [0.717, 1.165) is 5.56 Å². The topological polar surface area (TPSA) is 82.0 Å². The third-order valence-electron chi connectivity index (χ3n) is 3.38. The highest BCUT2D eigenvalue weighted by atomic mass is 32.1. The van der Waals surface area contributed by atoms with Crippen LogP contribution in [0.5, 0.6) is 0 Å². The number of nitrogens with one attached hydrogen (secondary N) is 2. The van der Waals surface area contributed by atoms with E-state index in [2.05, 4.69) is 16.7 Å². The van der Waals surface area contributed by atoms with Crippen molar-refractivity contribution in [3.05, 3.63) is 57.8 Å². The Bertz CT molecular complexity index is 717. The summed E-state index contributed by atoms with van der Waals surface area (Å²) in [5.74, 6) is -0.513. The number of thiophene rings is 1. The Hall–Kier alpha value is -2.65. The van der Waals surface area contributed by atoms with Gasteiger partial charge in [0, 0.05) is 0 Å². The van der Waals surface area contributed by atoms with Gasteiger partial charge in [-0.2, -0.15) is 5.26 Å². The molecule has 0 aliphatic carbocycles. The lowest BCUT2D eigenvalue weighted by molar-refractivity contribution is -0.123. The first kappa shape index (κ1) is 16.7. The molecule has 0 aliphatic heterocycles. The van der Waals surface area contributed by atoms with Gasteiger partial charge in [-0.25, -0.2) is 0 Å². The summed E-state index contributed by atoms with van der Waals surface area (Å²) in [5, 5.41) is 16.1. The summed E-state index contributed by atoms with van der Waals surface area (Å²) in [6, 6.07) is 11.7. The zero-order valence-electron chi connectivity index (χ0n) is 12.9. The standard InChI is InChI=1S/C17H17N3O2S/c1-11(14-7-5-13(10-18)6-8-14)19-16(21)12(2)20-17(22)15-4-3-9-23-15/h3-9,11-12H,1-2H3,(H,19,21)(H,20,22). The van der Waals surface area contributed by atoms with Crippen LogP contribution in [0, 0.1) is 11.3 Å². The summed E-state index contributed by atoms with van der Waals surface area (Å²) in [6.07, 6.45) is 0. The lowest BCUT2D eigenvalue weighted by Gasteiger charge is -2.18. The predicted molar refractivity (Wildman–Crippen MR) is 89.0 cm³/mol. The second-order valence-electron chi connectivity index (χ2n) is 5.14. The fraction of sp³-hybridized carbons (Fsp3) is 0.235. The molecule has 6 heteroatoms. The minimum Gasteiger partial charge on any atom is -0.348 e. The molecule has 2 atom stereocenters. The molecule has 0 saturated carbocycles. The Morgan fingerprint density at radius 2 is 1.83 bits per heavy atom. The van der Waals surface area contributed by atoms with Crippen molar-refractivity contribution >= 4 is 23.2 Å². The molecule has 0 aliphatic rings. The van der Waals surface area contributed by atoms with Crippen LogP contribution in [0.3, 0.4) is 0 Å². The number of nitrogens with zero attached hydrogens (tertiary/aromatic N) is 1. The van der Waals surface area contributed by atoms with Gasteiger partial charge in [0.05, 0.1) is 22.6 Å². The molecule has 23 heavy (non-hydrogen) atoms. The van der Waals surface area contributed by atoms with Gasteiger partial charge in [-0.1, -0.05) is 18.2 Å². The molecule has 0 spiro atoms. The molecule has 2 amide bonds. The average molecular weight is 327 g/mol. The van der Waals surface area contributed by atoms with Crippen LogP contribution in [0.25, 0.3) is 0 Å². The van der Waals surface area contributed by atoms with Crippen LogP contribution in [-0.2, 0) is 4.79 Å². The first-order valence-corrected chi connectivity index (χ1v) is 8.04. The van der Waals surface area contributed by atoms with Crippen molar-refractivity contribution in [3.8, 4) is 6.07 Å². The van der Waals surface area contributed by atoms with Gasteiger partial charge >= 0.3 is 0 Å². The van der Waals surface area contributed by atoms with Crippen molar-refractivity contribution in [1.29, 1.82) is 5.26 Å². The molecule has 2 unspecified atom stereocenters. The number of carbonyl (C=O) groups is 2. The molecule has 0 radical (unpaired) electrons. The van der Waals surface area contributed by atoms with E-state index in [1.807, 2.05) is 12.3 Å². The van der Waals surface area contributed by atoms with Gasteiger partial charge < -0.3 is 10.6 Å². The average Bonchev–Trinajstić information content (AvgIpc) is 3.09. The number of hydrogen-bond acceptors (Lipinski definition) is 4. The largest absolute Gasteiger partial charge is 0.348 e. The Labute approximate surface area is 138 Å². The second-order valence-corrected chi connectivity index (χ2v) is 6.08. The summed E-state index contributed by atoms with van der Waals surface area (Å²) in [4.78, 5) is 24.7. The highest BCUT2D eigenvalue weighted by Gasteiger charge is 2.19. The molecule has 0 saturated heterocycles. The zero-order chi connectivity index (χ0) is 16.8. The number of hydrogen-bond donors (Lipinski definition) is 2. The van der Waals surface area contributed by atoms with E-state index in [4.69, 9.17) is 5.26 Å². The van der Waals surface area contributed by atoms with Crippen molar-refractivity contribution in [2.24, 2.45) is 0 Å². The summed E-state index contributed by atoms with van der Waals surface area (Å²) in [5.41, 5.74) is 1.47. The Balaban J connectivity index is 1.92. The molecule has 2 rings (SSSR count). The maximum absolute atomic E-state index is 12.2. The molecule has 1 aromatic carbocycles. The highest BCUT2D eigenvalue weighted by molar-refractivity contribution is 7.12. The number of nitriles is 1. The molecule has 0 fully saturated rings. The summed E-state index contributed by atoms with van der Waals surface area (Å²) in [7, 11) is 0. The second kappa shape index (κ2) is 7.56. The van der Waals surface area contributed by atoms with E-state index in [9.17, 15) is 9.59 Å². The van der Waals surface area contributed by atoms with Crippen molar-refractivity contribution in [3.63, 3.8) is 0 Å². The van der Waals surface area contributed by atoms with E-state index in [1.54, 1.807) is 43.3 Å². The Morgan fingerprint density at radius 3 is 2.39 bits per heavy atom. The van der Waals surface area contributed by atoms with E-state index < -0.39 is 6.04 Å². The van der Waals surface area contributed by atoms with Crippen LogP contribution in [-0.4, -0.2) is 17.9 Å². The maximum atomic E-state index is 12.2. The smallest absolute Gasteiger partial charge is 0.261 e. The fourth-order valence-electron chi connectivity index (χ4n) is 2.01. The number of amides is 2. The van der Waals surface area contributed by atoms with Crippen LogP contribution in [0.4, 0.5) is 0 Å². The van der Waals surface area contributed by atoms with E-state index in [-0.39, 0.29) is 17.9 Å². The molecular weight excluding hydrogens is 310 g/mol. The maximum Gasteiger partial charge on any atom is 0.261 e. The van der Waals surface area contributed by atoms with Crippen molar-refractivity contribution in [1.82, 2.24) is 10.6 Å². The van der Waals surface area contributed by atoms with Crippen molar-refractivity contribution < 1.29 is 9.59 Å². The molecule has 1 aromatic heterocycles. The molecule has 1 heterocycles. The minimum absolute atomic E-state index is 0.212. The van der Waals surface area contributed by atoms with Crippen LogP contribution in [0.15, 0.2) is 41.8 Å². The van der Waals surface area contributed by atoms with Crippen molar-refractivity contribution in [2.75, 3.05) is 0 Å². The normalized spacial score (nSPS) is 12.7. The Kier molecular flexibility index (Phi) is 5.50. The van der Waals surface area contributed by atoms with Gasteiger partial charge in [-0.15, -0.1) is 11.3 Å². The number of carbonyl (C=O) groups excluding carboxylic acids is 2. The van der Waals surface area contributed by atoms with Crippen LogP contribution in [0.2, 0.25) is 0 Å². The van der Waals surface area contributed by atoms with Crippen LogP contribution in [0.1, 0.15) is 40.7 Å². The first-order chi connectivity index (χ1) is 11.0. The molecule has 2 aromatic rings. The summed E-state index contributed by atoms with van der Waals surface area (Å²) < 4.78 is 0. The van der Waals surface area contributed by atoms with Gasteiger partial charge in [0.2, 0.25) is 5.91 Å². The first-order valence-electron chi connectivity index (χ1n) is 7.16. The molecule has 5 nitrogen and oxygen atoms in total. The highest BCUT2D eigenvalue weighted by Crippen LogP contribution is 2.13. The summed E-state index contributed by atoms with van der Waals surface area (Å²) in [6.45, 7) is 3.50. The molecule has 118 valence electrons.